The Morgan fingerprint density at radius 2 is 1.83 bits per heavy atom. The smallest absolute Gasteiger partial charge is 0.246 e. The molecule has 130 valence electrons. The Kier molecular flexibility index (Phi) is 3.80. The number of fused-ring (bicyclic) bond motifs is 2. The Morgan fingerprint density at radius 3 is 2.58 bits per heavy atom. The molecule has 2 atom stereocenters. The van der Waals surface area contributed by atoms with Crippen LogP contribution in [0.3, 0.4) is 0 Å². The van der Waals surface area contributed by atoms with Crippen LogP contribution in [-0.2, 0) is 14.8 Å². The molecule has 6 nitrogen and oxygen atoms in total. The van der Waals surface area contributed by atoms with Crippen LogP contribution in [0.4, 0.5) is 0 Å². The van der Waals surface area contributed by atoms with E-state index < -0.39 is 10.0 Å². The van der Waals surface area contributed by atoms with Gasteiger partial charge in [0.2, 0.25) is 15.9 Å². The predicted octanol–water partition coefficient (Wildman–Crippen LogP) is 1.47. The number of likely N-dealkylation sites (N-methyl/N-ethyl adjacent to an activating group) is 1. The summed E-state index contributed by atoms with van der Waals surface area (Å²) in [5.74, 6) is 0.826. The number of hydrogen-bond acceptors (Lipinski definition) is 4. The molecule has 2 heterocycles. The van der Waals surface area contributed by atoms with Gasteiger partial charge in [0.15, 0.2) is 0 Å². The molecule has 1 aliphatic carbocycles. The Hall–Kier alpha value is -1.60. The summed E-state index contributed by atoms with van der Waals surface area (Å²) in [6.07, 6.45) is 3.00. The third-order valence-electron chi connectivity index (χ3n) is 5.30. The highest BCUT2D eigenvalue weighted by Crippen LogP contribution is 2.36. The highest BCUT2D eigenvalue weighted by Gasteiger charge is 2.43. The van der Waals surface area contributed by atoms with E-state index in [-0.39, 0.29) is 28.9 Å². The SMILES string of the molecule is CN1[C@@H]2CCN(C(=O)C3CC3)CC[C@H]2Oc2ccccc2S1(=O)=O. The highest BCUT2D eigenvalue weighted by molar-refractivity contribution is 7.89. The second kappa shape index (κ2) is 5.74. The number of likely N-dealkylation sites (tertiary alicyclic amines) is 1. The Morgan fingerprint density at radius 1 is 1.12 bits per heavy atom. The molecule has 2 aliphatic heterocycles. The Balaban J connectivity index is 1.64. The summed E-state index contributed by atoms with van der Waals surface area (Å²) in [5, 5.41) is 0. The van der Waals surface area contributed by atoms with Crippen LogP contribution < -0.4 is 4.74 Å². The van der Waals surface area contributed by atoms with Crippen LogP contribution in [0, 0.1) is 5.92 Å². The van der Waals surface area contributed by atoms with Crippen LogP contribution in [0.1, 0.15) is 25.7 Å². The zero-order valence-electron chi connectivity index (χ0n) is 13.7. The number of carbonyl (C=O) groups is 1. The van der Waals surface area contributed by atoms with Gasteiger partial charge >= 0.3 is 0 Å². The second-order valence-corrected chi connectivity index (χ2v) is 8.83. The van der Waals surface area contributed by atoms with E-state index in [2.05, 4.69) is 0 Å². The summed E-state index contributed by atoms with van der Waals surface area (Å²) in [6.45, 7) is 1.22. The maximum atomic E-state index is 12.9. The zero-order chi connectivity index (χ0) is 16.9. The molecule has 0 bridgehead atoms. The quantitative estimate of drug-likeness (QED) is 0.769. The van der Waals surface area contributed by atoms with Crippen molar-refractivity contribution in [2.75, 3.05) is 20.1 Å². The fourth-order valence-corrected chi connectivity index (χ4v) is 5.21. The molecule has 1 aromatic rings. The fraction of sp³-hybridized carbons (Fsp3) is 0.588. The van der Waals surface area contributed by atoms with Crippen LogP contribution in [0.25, 0.3) is 0 Å². The van der Waals surface area contributed by atoms with Gasteiger partial charge in [-0.15, -0.1) is 0 Å². The normalized spacial score (nSPS) is 29.6. The number of hydrogen-bond donors (Lipinski definition) is 0. The van der Waals surface area contributed by atoms with Gasteiger partial charge in [-0.1, -0.05) is 12.1 Å². The summed E-state index contributed by atoms with van der Waals surface area (Å²) < 4.78 is 33.3. The van der Waals surface area contributed by atoms with Crippen molar-refractivity contribution >= 4 is 15.9 Å². The van der Waals surface area contributed by atoms with Gasteiger partial charge in [0, 0.05) is 32.5 Å². The van der Waals surface area contributed by atoms with E-state index in [9.17, 15) is 13.2 Å². The van der Waals surface area contributed by atoms with Crippen molar-refractivity contribution in [3.8, 4) is 5.75 Å². The number of rotatable bonds is 1. The molecule has 1 saturated carbocycles. The Bertz CT molecular complexity index is 760. The number of amides is 1. The fourth-order valence-electron chi connectivity index (χ4n) is 3.68. The van der Waals surface area contributed by atoms with Gasteiger partial charge in [-0.3, -0.25) is 4.79 Å². The van der Waals surface area contributed by atoms with E-state index in [0.29, 0.717) is 31.7 Å². The molecule has 3 aliphatic rings. The van der Waals surface area contributed by atoms with E-state index >= 15 is 0 Å². The predicted molar refractivity (Wildman–Crippen MR) is 88.1 cm³/mol. The lowest BCUT2D eigenvalue weighted by Crippen LogP contribution is -2.44. The summed E-state index contributed by atoms with van der Waals surface area (Å²) >= 11 is 0. The lowest BCUT2D eigenvalue weighted by Gasteiger charge is -2.28. The number of carbonyl (C=O) groups excluding carboxylic acids is 1. The van der Waals surface area contributed by atoms with Crippen LogP contribution in [-0.4, -0.2) is 55.8 Å². The zero-order valence-corrected chi connectivity index (χ0v) is 14.5. The van der Waals surface area contributed by atoms with Gasteiger partial charge in [0.05, 0.1) is 6.04 Å². The minimum atomic E-state index is -3.58. The van der Waals surface area contributed by atoms with Crippen LogP contribution in [0.2, 0.25) is 0 Å². The van der Waals surface area contributed by atoms with Crippen molar-refractivity contribution < 1.29 is 17.9 Å². The molecular formula is C17H22N2O4S. The molecule has 1 saturated heterocycles. The molecule has 0 aromatic heterocycles. The first-order valence-electron chi connectivity index (χ1n) is 8.51. The molecule has 4 rings (SSSR count). The van der Waals surface area contributed by atoms with Crippen LogP contribution in [0.5, 0.6) is 5.75 Å². The van der Waals surface area contributed by atoms with Crippen molar-refractivity contribution in [3.63, 3.8) is 0 Å². The maximum absolute atomic E-state index is 12.9. The largest absolute Gasteiger partial charge is 0.487 e. The topological polar surface area (TPSA) is 66.9 Å². The van der Waals surface area contributed by atoms with Crippen LogP contribution >= 0.6 is 0 Å². The summed E-state index contributed by atoms with van der Waals surface area (Å²) in [5.41, 5.74) is 0. The van der Waals surface area contributed by atoms with Gasteiger partial charge in [0.25, 0.3) is 0 Å². The van der Waals surface area contributed by atoms with Gasteiger partial charge in [0.1, 0.15) is 16.7 Å². The lowest BCUT2D eigenvalue weighted by molar-refractivity contribution is -0.132. The number of para-hydroxylation sites is 1. The van der Waals surface area contributed by atoms with Crippen molar-refractivity contribution in [1.82, 2.24) is 9.21 Å². The van der Waals surface area contributed by atoms with Crippen molar-refractivity contribution in [1.29, 1.82) is 0 Å². The highest BCUT2D eigenvalue weighted by atomic mass is 32.2. The first-order valence-corrected chi connectivity index (χ1v) is 9.95. The molecule has 1 amide bonds. The van der Waals surface area contributed by atoms with E-state index in [0.717, 1.165) is 12.8 Å². The summed E-state index contributed by atoms with van der Waals surface area (Å²) in [4.78, 5) is 14.5. The van der Waals surface area contributed by atoms with Gasteiger partial charge in [-0.05, 0) is 31.4 Å². The molecule has 0 spiro atoms. The first-order chi connectivity index (χ1) is 11.5. The molecule has 24 heavy (non-hydrogen) atoms. The summed E-state index contributed by atoms with van der Waals surface area (Å²) in [7, 11) is -1.96. The van der Waals surface area contributed by atoms with E-state index in [1.165, 1.54) is 4.31 Å². The third-order valence-corrected chi connectivity index (χ3v) is 7.22. The number of benzene rings is 1. The van der Waals surface area contributed by atoms with Gasteiger partial charge in [-0.25, -0.2) is 8.42 Å². The average Bonchev–Trinajstić information content (AvgIpc) is 3.41. The Labute approximate surface area is 142 Å². The van der Waals surface area contributed by atoms with Crippen molar-refractivity contribution in [3.05, 3.63) is 24.3 Å². The monoisotopic (exact) mass is 350 g/mol. The van der Waals surface area contributed by atoms with E-state index in [1.807, 2.05) is 4.90 Å². The van der Waals surface area contributed by atoms with Crippen molar-refractivity contribution in [2.45, 2.75) is 42.7 Å². The lowest BCUT2D eigenvalue weighted by atomic mass is 10.1. The third kappa shape index (κ3) is 2.59. The minimum Gasteiger partial charge on any atom is -0.487 e. The average molecular weight is 350 g/mol. The molecule has 1 aromatic carbocycles. The van der Waals surface area contributed by atoms with Crippen LogP contribution in [0.15, 0.2) is 29.2 Å². The summed E-state index contributed by atoms with van der Waals surface area (Å²) in [6, 6.07) is 6.55. The minimum absolute atomic E-state index is 0.191. The molecule has 0 radical (unpaired) electrons. The number of nitrogens with zero attached hydrogens (tertiary/aromatic N) is 2. The molecule has 2 fully saturated rings. The number of sulfonamides is 1. The van der Waals surface area contributed by atoms with E-state index in [1.54, 1.807) is 31.3 Å². The molecular weight excluding hydrogens is 328 g/mol. The van der Waals surface area contributed by atoms with Gasteiger partial charge in [-0.2, -0.15) is 4.31 Å². The van der Waals surface area contributed by atoms with Gasteiger partial charge < -0.3 is 9.64 Å². The maximum Gasteiger partial charge on any atom is 0.246 e. The number of ether oxygens (including phenoxy) is 1. The first kappa shape index (κ1) is 15.9. The van der Waals surface area contributed by atoms with E-state index in [4.69, 9.17) is 4.74 Å². The second-order valence-electron chi connectivity index (χ2n) is 6.87. The molecule has 0 N–H and O–H groups in total. The van der Waals surface area contributed by atoms with Crippen molar-refractivity contribution in [2.24, 2.45) is 5.92 Å². The standard InChI is InChI=1S/C17H22N2O4S/c1-18-13-8-10-19(17(20)12-6-7-12)11-9-14(13)23-15-4-2-3-5-16(15)24(18,21)22/h2-5,12-14H,6-11H2,1H3/t13-,14-/m1/s1. The molecule has 0 unspecified atom stereocenters. The molecule has 7 heteroatoms.